The number of aliphatic carboxylic acids is 1. The van der Waals surface area contributed by atoms with E-state index >= 15 is 0 Å². The van der Waals surface area contributed by atoms with Gasteiger partial charge >= 0.3 is 12.0 Å². The minimum Gasteiger partial charge on any atom is -0.480 e. The Morgan fingerprint density at radius 2 is 1.73 bits per heavy atom. The van der Waals surface area contributed by atoms with Crippen LogP contribution in [-0.4, -0.2) is 41.0 Å². The molecule has 0 atom stereocenters. The van der Waals surface area contributed by atoms with E-state index in [4.69, 9.17) is 5.11 Å². The first-order valence-corrected chi connectivity index (χ1v) is 11.1. The van der Waals surface area contributed by atoms with Crippen molar-refractivity contribution in [3.8, 4) is 11.1 Å². The van der Waals surface area contributed by atoms with Crippen molar-refractivity contribution in [3.63, 3.8) is 0 Å². The lowest BCUT2D eigenvalue weighted by molar-refractivity contribution is -0.135. The van der Waals surface area contributed by atoms with E-state index in [1.54, 1.807) is 18.2 Å². The van der Waals surface area contributed by atoms with Crippen LogP contribution >= 0.6 is 0 Å². The average Bonchev–Trinajstić information content (AvgIpc) is 2.84. The fourth-order valence-corrected chi connectivity index (χ4v) is 3.49. The quantitative estimate of drug-likeness (QED) is 0.434. The van der Waals surface area contributed by atoms with Crippen LogP contribution < -0.4 is 5.32 Å². The standard InChI is InChI=1S/C27H32N2O4/c1-4-21(5-2)12-9-11-20(3)19-29(27(33)28-18-25(30)31)26(32)24-16-10-15-23(17-24)22-13-7-6-8-14-22/h4,6-8,10,13-17H,3,5,9,11-12,18-19H2,1-2H3,(H,28,33)(H,30,31)/b21-4-. The first-order chi connectivity index (χ1) is 15.8. The van der Waals surface area contributed by atoms with Gasteiger partial charge in [-0.3, -0.25) is 14.5 Å². The number of imide groups is 1. The van der Waals surface area contributed by atoms with Crippen LogP contribution in [-0.2, 0) is 4.79 Å². The normalized spacial score (nSPS) is 11.0. The highest BCUT2D eigenvalue weighted by atomic mass is 16.4. The Balaban J connectivity index is 2.19. The molecule has 2 N–H and O–H groups in total. The Bertz CT molecular complexity index is 1010. The second-order valence-electron chi connectivity index (χ2n) is 7.79. The van der Waals surface area contributed by atoms with Gasteiger partial charge < -0.3 is 10.4 Å². The molecule has 0 radical (unpaired) electrons. The van der Waals surface area contributed by atoms with Crippen molar-refractivity contribution in [2.45, 2.75) is 39.5 Å². The third-order valence-corrected chi connectivity index (χ3v) is 5.37. The van der Waals surface area contributed by atoms with Gasteiger partial charge in [0.15, 0.2) is 0 Å². The van der Waals surface area contributed by atoms with Crippen molar-refractivity contribution < 1.29 is 19.5 Å². The van der Waals surface area contributed by atoms with E-state index in [-0.39, 0.29) is 6.54 Å². The summed E-state index contributed by atoms with van der Waals surface area (Å²) in [5.74, 6) is -1.68. The molecule has 0 saturated carbocycles. The number of carboxylic acid groups (broad SMARTS) is 1. The van der Waals surface area contributed by atoms with Crippen LogP contribution in [0.15, 0.2) is 78.4 Å². The largest absolute Gasteiger partial charge is 0.480 e. The van der Waals surface area contributed by atoms with Crippen LogP contribution in [0.4, 0.5) is 4.79 Å². The van der Waals surface area contributed by atoms with E-state index < -0.39 is 24.5 Å². The van der Waals surface area contributed by atoms with Crippen molar-refractivity contribution in [3.05, 3.63) is 84.0 Å². The van der Waals surface area contributed by atoms with E-state index in [9.17, 15) is 14.4 Å². The van der Waals surface area contributed by atoms with Gasteiger partial charge in [0.25, 0.3) is 5.91 Å². The van der Waals surface area contributed by atoms with Gasteiger partial charge in [-0.25, -0.2) is 4.79 Å². The van der Waals surface area contributed by atoms with Gasteiger partial charge in [-0.2, -0.15) is 0 Å². The molecule has 0 spiro atoms. The monoisotopic (exact) mass is 448 g/mol. The summed E-state index contributed by atoms with van der Waals surface area (Å²) in [6, 6.07) is 15.9. The summed E-state index contributed by atoms with van der Waals surface area (Å²) in [6.07, 6.45) is 5.57. The maximum atomic E-state index is 13.3. The van der Waals surface area contributed by atoms with E-state index in [1.165, 1.54) is 5.57 Å². The van der Waals surface area contributed by atoms with Gasteiger partial charge in [-0.15, -0.1) is 0 Å². The van der Waals surface area contributed by atoms with E-state index in [0.29, 0.717) is 12.0 Å². The lowest BCUT2D eigenvalue weighted by Crippen LogP contribution is -2.46. The highest BCUT2D eigenvalue weighted by Gasteiger charge is 2.24. The SMILES string of the molecule is C=C(CCC/C(=C\C)CC)CN(C(=O)NCC(=O)O)C(=O)c1cccc(-c2ccccc2)c1. The fraction of sp³-hybridized carbons (Fsp3) is 0.296. The predicted octanol–water partition coefficient (Wildman–Crippen LogP) is 5.67. The van der Waals surface area contributed by atoms with Gasteiger partial charge in [0.05, 0.1) is 6.54 Å². The summed E-state index contributed by atoms with van der Waals surface area (Å²) in [5, 5.41) is 11.2. The Hall–Kier alpha value is -3.67. The zero-order valence-corrected chi connectivity index (χ0v) is 19.3. The molecule has 0 aliphatic rings. The number of carbonyl (C=O) groups is 3. The van der Waals surface area contributed by atoms with Gasteiger partial charge in [-0.1, -0.05) is 73.2 Å². The fourth-order valence-electron chi connectivity index (χ4n) is 3.49. The first kappa shape index (κ1) is 25.6. The summed E-state index contributed by atoms with van der Waals surface area (Å²) in [6.45, 7) is 7.64. The minimum atomic E-state index is -1.18. The number of carbonyl (C=O) groups excluding carboxylic acids is 2. The topological polar surface area (TPSA) is 86.7 Å². The maximum Gasteiger partial charge on any atom is 0.325 e. The lowest BCUT2D eigenvalue weighted by Gasteiger charge is -2.22. The second kappa shape index (κ2) is 13.0. The molecule has 0 aromatic heterocycles. The van der Waals surface area contributed by atoms with Crippen molar-refractivity contribution in [1.82, 2.24) is 10.2 Å². The molecule has 3 amide bonds. The maximum absolute atomic E-state index is 13.3. The molecule has 0 bridgehead atoms. The summed E-state index contributed by atoms with van der Waals surface area (Å²) in [7, 11) is 0. The molecule has 0 fully saturated rings. The summed E-state index contributed by atoms with van der Waals surface area (Å²) < 4.78 is 0. The number of allylic oxidation sites excluding steroid dienone is 2. The first-order valence-electron chi connectivity index (χ1n) is 11.1. The molecule has 6 nitrogen and oxygen atoms in total. The predicted molar refractivity (Wildman–Crippen MR) is 131 cm³/mol. The second-order valence-corrected chi connectivity index (χ2v) is 7.79. The molecule has 0 heterocycles. The van der Waals surface area contributed by atoms with Crippen LogP contribution in [0.3, 0.4) is 0 Å². The Morgan fingerprint density at radius 3 is 2.36 bits per heavy atom. The number of carboxylic acids is 1. The molecular formula is C27H32N2O4. The molecule has 174 valence electrons. The highest BCUT2D eigenvalue weighted by molar-refractivity contribution is 6.05. The summed E-state index contributed by atoms with van der Waals surface area (Å²) >= 11 is 0. The zero-order valence-electron chi connectivity index (χ0n) is 19.3. The molecular weight excluding hydrogens is 416 g/mol. The zero-order chi connectivity index (χ0) is 24.2. The van der Waals surface area contributed by atoms with Gasteiger partial charge in [0.2, 0.25) is 0 Å². The van der Waals surface area contributed by atoms with Crippen LogP contribution in [0.5, 0.6) is 0 Å². The van der Waals surface area contributed by atoms with E-state index in [1.807, 2.05) is 43.3 Å². The number of amides is 3. The van der Waals surface area contributed by atoms with Crippen LogP contribution in [0.25, 0.3) is 11.1 Å². The Kier molecular flexibility index (Phi) is 10.1. The Morgan fingerprint density at radius 1 is 1.03 bits per heavy atom. The van der Waals surface area contributed by atoms with E-state index in [0.717, 1.165) is 40.9 Å². The van der Waals surface area contributed by atoms with Crippen LogP contribution in [0, 0.1) is 0 Å². The Labute approximate surface area is 195 Å². The summed E-state index contributed by atoms with van der Waals surface area (Å²) in [4.78, 5) is 37.9. The van der Waals surface area contributed by atoms with Gasteiger partial charge in [0, 0.05) is 5.56 Å². The third-order valence-electron chi connectivity index (χ3n) is 5.37. The molecule has 0 saturated heterocycles. The number of rotatable bonds is 11. The van der Waals surface area contributed by atoms with Crippen molar-refractivity contribution in [2.24, 2.45) is 0 Å². The smallest absolute Gasteiger partial charge is 0.325 e. The lowest BCUT2D eigenvalue weighted by atomic mass is 10.0. The van der Waals surface area contributed by atoms with Crippen molar-refractivity contribution >= 4 is 17.9 Å². The molecule has 2 rings (SSSR count). The molecule has 2 aromatic carbocycles. The number of hydrogen-bond donors (Lipinski definition) is 2. The summed E-state index contributed by atoms with van der Waals surface area (Å²) in [5.41, 5.74) is 4.24. The average molecular weight is 449 g/mol. The van der Waals surface area contributed by atoms with Crippen LogP contribution in [0.1, 0.15) is 49.9 Å². The van der Waals surface area contributed by atoms with Gasteiger partial charge in [-0.05, 0) is 55.9 Å². The van der Waals surface area contributed by atoms with E-state index in [2.05, 4.69) is 24.9 Å². The minimum absolute atomic E-state index is 0.0249. The van der Waals surface area contributed by atoms with Crippen LogP contribution in [0.2, 0.25) is 0 Å². The molecule has 0 aliphatic heterocycles. The third kappa shape index (κ3) is 8.07. The van der Waals surface area contributed by atoms with Crippen molar-refractivity contribution in [1.29, 1.82) is 0 Å². The number of nitrogens with zero attached hydrogens (tertiary/aromatic N) is 1. The molecule has 0 aliphatic carbocycles. The number of urea groups is 1. The number of nitrogens with one attached hydrogen (secondary N) is 1. The number of hydrogen-bond acceptors (Lipinski definition) is 3. The molecule has 0 unspecified atom stereocenters. The molecule has 6 heteroatoms. The van der Waals surface area contributed by atoms with Crippen molar-refractivity contribution in [2.75, 3.05) is 13.1 Å². The van der Waals surface area contributed by atoms with Gasteiger partial charge in [0.1, 0.15) is 6.54 Å². The molecule has 33 heavy (non-hydrogen) atoms. The number of benzene rings is 2. The highest BCUT2D eigenvalue weighted by Crippen LogP contribution is 2.21. The molecule has 2 aromatic rings.